The third-order valence-electron chi connectivity index (χ3n) is 6.31. The van der Waals surface area contributed by atoms with Crippen LogP contribution >= 0.6 is 0 Å². The van der Waals surface area contributed by atoms with Crippen molar-refractivity contribution in [2.24, 2.45) is 0 Å². The van der Waals surface area contributed by atoms with E-state index >= 15 is 0 Å². The first-order valence-corrected chi connectivity index (χ1v) is 11.1. The fraction of sp³-hybridized carbons (Fsp3) is 0. The van der Waals surface area contributed by atoms with Crippen LogP contribution in [0.2, 0.25) is 0 Å². The number of para-hydroxylation sites is 2. The molecule has 0 aliphatic heterocycles. The van der Waals surface area contributed by atoms with Crippen molar-refractivity contribution in [3.8, 4) is 34.0 Å². The van der Waals surface area contributed by atoms with Gasteiger partial charge < -0.3 is 4.57 Å². The number of benzene rings is 5. The van der Waals surface area contributed by atoms with E-state index in [1.54, 1.807) is 12.1 Å². The van der Waals surface area contributed by atoms with Gasteiger partial charge in [0.25, 0.3) is 0 Å². The second kappa shape index (κ2) is 8.03. The predicted molar refractivity (Wildman–Crippen MR) is 136 cm³/mol. The summed E-state index contributed by atoms with van der Waals surface area (Å²) in [6, 6.07) is 40.0. The molecule has 34 heavy (non-hydrogen) atoms. The van der Waals surface area contributed by atoms with E-state index < -0.39 is 5.82 Å². The topological polar surface area (TPSA) is 28.7 Å². The molecule has 6 rings (SSSR count). The molecule has 0 aliphatic rings. The smallest absolute Gasteiger partial charge is 0.148 e. The summed E-state index contributed by atoms with van der Waals surface area (Å²) in [4.78, 5) is 0. The Kier molecular flexibility index (Phi) is 4.71. The maximum absolute atomic E-state index is 14.8. The maximum atomic E-state index is 14.8. The van der Waals surface area contributed by atoms with Crippen LogP contribution in [-0.2, 0) is 0 Å². The summed E-state index contributed by atoms with van der Waals surface area (Å²) >= 11 is 0. The van der Waals surface area contributed by atoms with E-state index in [9.17, 15) is 9.65 Å². The third-order valence-corrected chi connectivity index (χ3v) is 6.31. The van der Waals surface area contributed by atoms with Crippen molar-refractivity contribution in [2.75, 3.05) is 0 Å². The summed E-state index contributed by atoms with van der Waals surface area (Å²) in [6.45, 7) is 0. The Balaban J connectivity index is 1.54. The number of hydrogen-bond donors (Lipinski definition) is 0. The average Bonchev–Trinajstić information content (AvgIpc) is 3.23. The van der Waals surface area contributed by atoms with Crippen molar-refractivity contribution in [3.63, 3.8) is 0 Å². The number of aromatic nitrogens is 1. The van der Waals surface area contributed by atoms with Crippen molar-refractivity contribution in [3.05, 3.63) is 127 Å². The Hall–Kier alpha value is -4.68. The second-order valence-corrected chi connectivity index (χ2v) is 8.28. The van der Waals surface area contributed by atoms with Crippen LogP contribution in [0.1, 0.15) is 5.56 Å². The number of hydrogen-bond acceptors (Lipinski definition) is 1. The fourth-order valence-electron chi connectivity index (χ4n) is 4.72. The molecule has 0 aliphatic carbocycles. The van der Waals surface area contributed by atoms with Gasteiger partial charge in [-0.2, -0.15) is 5.26 Å². The molecule has 2 nitrogen and oxygen atoms in total. The van der Waals surface area contributed by atoms with E-state index in [-0.39, 0.29) is 5.56 Å². The van der Waals surface area contributed by atoms with Gasteiger partial charge in [-0.15, -0.1) is 0 Å². The van der Waals surface area contributed by atoms with Gasteiger partial charge >= 0.3 is 0 Å². The van der Waals surface area contributed by atoms with Gasteiger partial charge in [-0.1, -0.05) is 72.8 Å². The largest absolute Gasteiger partial charge is 0.309 e. The summed E-state index contributed by atoms with van der Waals surface area (Å²) < 4.78 is 17.1. The summed E-state index contributed by atoms with van der Waals surface area (Å²) in [6.07, 6.45) is 0. The summed E-state index contributed by atoms with van der Waals surface area (Å²) in [5.41, 5.74) is 6.71. The Morgan fingerprint density at radius 1 is 0.588 bits per heavy atom. The minimum atomic E-state index is -0.483. The van der Waals surface area contributed by atoms with E-state index in [0.29, 0.717) is 5.56 Å². The van der Waals surface area contributed by atoms with E-state index in [4.69, 9.17) is 0 Å². The van der Waals surface area contributed by atoms with Crippen LogP contribution in [0.4, 0.5) is 4.39 Å². The molecule has 0 saturated carbocycles. The van der Waals surface area contributed by atoms with Crippen molar-refractivity contribution < 1.29 is 4.39 Å². The van der Waals surface area contributed by atoms with Gasteiger partial charge in [0.05, 0.1) is 16.6 Å². The second-order valence-electron chi connectivity index (χ2n) is 8.28. The summed E-state index contributed by atoms with van der Waals surface area (Å²) in [5.74, 6) is -0.483. The number of halogens is 1. The van der Waals surface area contributed by atoms with Crippen LogP contribution in [0.25, 0.3) is 49.7 Å². The highest BCUT2D eigenvalue weighted by atomic mass is 19.1. The first-order chi connectivity index (χ1) is 16.7. The molecule has 0 amide bonds. The zero-order valence-electron chi connectivity index (χ0n) is 18.2. The van der Waals surface area contributed by atoms with Crippen molar-refractivity contribution >= 4 is 21.8 Å². The lowest BCUT2D eigenvalue weighted by atomic mass is 9.97. The molecule has 0 unspecified atom stereocenters. The number of nitriles is 1. The molecular weight excluding hydrogens is 419 g/mol. The lowest BCUT2D eigenvalue weighted by Crippen LogP contribution is -1.92. The Morgan fingerprint density at radius 2 is 1.29 bits per heavy atom. The molecule has 5 aromatic carbocycles. The van der Waals surface area contributed by atoms with Gasteiger partial charge in [-0.05, 0) is 59.2 Å². The normalized spacial score (nSPS) is 11.1. The molecule has 160 valence electrons. The monoisotopic (exact) mass is 438 g/mol. The van der Waals surface area contributed by atoms with E-state index in [0.717, 1.165) is 33.4 Å². The van der Waals surface area contributed by atoms with E-state index in [1.165, 1.54) is 16.8 Å². The van der Waals surface area contributed by atoms with Gasteiger partial charge in [0.1, 0.15) is 11.9 Å². The standard InChI is InChI=1S/C31H19FN2/c32-31-24(20-33)10-7-14-26(31)23-9-6-8-21(18-23)22-16-17-30-28(19-22)27-13-4-5-15-29(27)34(30)25-11-2-1-3-12-25/h1-19H. The first-order valence-electron chi connectivity index (χ1n) is 11.1. The van der Waals surface area contributed by atoms with Gasteiger partial charge in [-0.25, -0.2) is 4.39 Å². The van der Waals surface area contributed by atoms with E-state index in [2.05, 4.69) is 71.3 Å². The number of nitrogens with zero attached hydrogens (tertiary/aromatic N) is 2. The number of fused-ring (bicyclic) bond motifs is 3. The first kappa shape index (κ1) is 20.0. The lowest BCUT2D eigenvalue weighted by molar-refractivity contribution is 0.627. The van der Waals surface area contributed by atoms with Crippen molar-refractivity contribution in [2.45, 2.75) is 0 Å². The van der Waals surface area contributed by atoms with Gasteiger partial charge in [0.15, 0.2) is 0 Å². The zero-order chi connectivity index (χ0) is 23.1. The molecule has 0 radical (unpaired) electrons. The molecular formula is C31H19FN2. The molecule has 0 spiro atoms. The van der Waals surface area contributed by atoms with Crippen LogP contribution < -0.4 is 0 Å². The zero-order valence-corrected chi connectivity index (χ0v) is 18.2. The number of rotatable bonds is 3. The average molecular weight is 439 g/mol. The molecule has 1 aromatic heterocycles. The van der Waals surface area contributed by atoms with Crippen molar-refractivity contribution in [1.29, 1.82) is 5.26 Å². The molecule has 0 saturated heterocycles. The minimum Gasteiger partial charge on any atom is -0.309 e. The third kappa shape index (κ3) is 3.17. The molecule has 0 N–H and O–H groups in total. The van der Waals surface area contributed by atoms with Gasteiger partial charge in [0, 0.05) is 22.0 Å². The highest BCUT2D eigenvalue weighted by molar-refractivity contribution is 6.10. The highest BCUT2D eigenvalue weighted by Gasteiger charge is 2.14. The summed E-state index contributed by atoms with van der Waals surface area (Å²) in [5, 5.41) is 11.6. The Labute approximate surface area is 196 Å². The van der Waals surface area contributed by atoms with Crippen LogP contribution in [0.5, 0.6) is 0 Å². The van der Waals surface area contributed by atoms with Crippen molar-refractivity contribution in [1.82, 2.24) is 4.57 Å². The van der Waals surface area contributed by atoms with Crippen LogP contribution in [-0.4, -0.2) is 4.57 Å². The molecule has 0 fully saturated rings. The molecule has 3 heteroatoms. The Bertz CT molecular complexity index is 1720. The SMILES string of the molecule is N#Cc1cccc(-c2cccc(-c3ccc4c(c3)c3ccccc3n4-c3ccccc3)c2)c1F. The van der Waals surface area contributed by atoms with E-state index in [1.807, 2.05) is 36.4 Å². The van der Waals surface area contributed by atoms with Crippen LogP contribution in [0.3, 0.4) is 0 Å². The Morgan fingerprint density at radius 3 is 2.15 bits per heavy atom. The maximum Gasteiger partial charge on any atom is 0.148 e. The summed E-state index contributed by atoms with van der Waals surface area (Å²) in [7, 11) is 0. The highest BCUT2D eigenvalue weighted by Crippen LogP contribution is 2.36. The molecule has 1 heterocycles. The van der Waals surface area contributed by atoms with Gasteiger partial charge in [-0.3, -0.25) is 0 Å². The van der Waals surface area contributed by atoms with Gasteiger partial charge in [0.2, 0.25) is 0 Å². The lowest BCUT2D eigenvalue weighted by Gasteiger charge is -2.09. The molecule has 0 atom stereocenters. The molecule has 0 bridgehead atoms. The predicted octanol–water partition coefficient (Wildman–Crippen LogP) is 8.13. The molecule has 6 aromatic rings. The quantitative estimate of drug-likeness (QED) is 0.274. The minimum absolute atomic E-state index is 0.0537. The van der Waals surface area contributed by atoms with Crippen LogP contribution in [0, 0.1) is 17.1 Å². The fourth-order valence-corrected chi connectivity index (χ4v) is 4.72. The van der Waals surface area contributed by atoms with Crippen LogP contribution in [0.15, 0.2) is 115 Å².